The predicted molar refractivity (Wildman–Crippen MR) is 78.6 cm³/mol. The molecule has 7 nitrogen and oxygen atoms in total. The van der Waals surface area contributed by atoms with Gasteiger partial charge >= 0.3 is 0 Å². The highest BCUT2D eigenvalue weighted by molar-refractivity contribution is 7.99. The first-order valence-corrected chi connectivity index (χ1v) is 7.84. The minimum absolute atomic E-state index is 0.0565. The first-order chi connectivity index (χ1) is 9.66. The average molecular weight is 298 g/mol. The predicted octanol–water partition coefficient (Wildman–Crippen LogP) is -0.351. The summed E-state index contributed by atoms with van der Waals surface area (Å²) in [5, 5.41) is 10.3. The van der Waals surface area contributed by atoms with Gasteiger partial charge in [0.15, 0.2) is 5.16 Å². The van der Waals surface area contributed by atoms with Crippen molar-refractivity contribution in [2.24, 2.45) is 0 Å². The van der Waals surface area contributed by atoms with E-state index in [4.69, 9.17) is 0 Å². The van der Waals surface area contributed by atoms with Crippen LogP contribution >= 0.6 is 11.8 Å². The van der Waals surface area contributed by atoms with Gasteiger partial charge in [-0.2, -0.15) is 5.10 Å². The maximum Gasteiger partial charge on any atom is 0.237 e. The number of H-pyrrole nitrogens is 1. The highest BCUT2D eigenvalue weighted by Gasteiger charge is 2.23. The van der Waals surface area contributed by atoms with E-state index in [0.717, 1.165) is 37.1 Å². The molecule has 2 heterocycles. The number of nitrogens with zero attached hydrogens (tertiary/aromatic N) is 4. The molecule has 0 bridgehead atoms. The topological polar surface area (TPSA) is 77.1 Å². The third kappa shape index (κ3) is 4.46. The Morgan fingerprint density at radius 1 is 1.50 bits per heavy atom. The molecule has 0 spiro atoms. The Hall–Kier alpha value is -1.12. The van der Waals surface area contributed by atoms with Crippen molar-refractivity contribution in [1.82, 2.24) is 30.3 Å². The second kappa shape index (κ2) is 7.61. The van der Waals surface area contributed by atoms with Crippen molar-refractivity contribution in [2.45, 2.75) is 18.1 Å². The van der Waals surface area contributed by atoms with Crippen LogP contribution in [0.1, 0.15) is 6.92 Å². The Kier molecular flexibility index (Phi) is 5.81. The molecule has 0 aliphatic carbocycles. The van der Waals surface area contributed by atoms with E-state index >= 15 is 0 Å². The monoisotopic (exact) mass is 298 g/mol. The fraction of sp³-hybridized carbons (Fsp3) is 0.750. The smallest absolute Gasteiger partial charge is 0.237 e. The van der Waals surface area contributed by atoms with Crippen LogP contribution in [0.5, 0.6) is 0 Å². The Bertz CT molecular complexity index is 404. The van der Waals surface area contributed by atoms with E-state index < -0.39 is 0 Å². The van der Waals surface area contributed by atoms with E-state index in [1.54, 1.807) is 11.8 Å². The van der Waals surface area contributed by atoms with Gasteiger partial charge in [0.1, 0.15) is 6.33 Å². The maximum atomic E-state index is 12.1. The summed E-state index contributed by atoms with van der Waals surface area (Å²) in [6.07, 6.45) is 1.48. The molecule has 1 aromatic rings. The minimum Gasteiger partial charge on any atom is -0.354 e. The summed E-state index contributed by atoms with van der Waals surface area (Å²) in [5.74, 6) is 0.892. The van der Waals surface area contributed by atoms with E-state index in [1.165, 1.54) is 6.33 Å². The molecule has 0 radical (unpaired) electrons. The first-order valence-electron chi connectivity index (χ1n) is 6.85. The Morgan fingerprint density at radius 3 is 2.90 bits per heavy atom. The van der Waals surface area contributed by atoms with Crippen LogP contribution in [0.4, 0.5) is 0 Å². The van der Waals surface area contributed by atoms with Gasteiger partial charge in [0.05, 0.1) is 6.04 Å². The lowest BCUT2D eigenvalue weighted by molar-refractivity contribution is -0.126. The number of amides is 1. The molecule has 0 saturated carbocycles. The van der Waals surface area contributed by atoms with Crippen molar-refractivity contribution < 1.29 is 4.79 Å². The van der Waals surface area contributed by atoms with Crippen molar-refractivity contribution in [2.75, 3.05) is 45.5 Å². The number of piperazine rings is 1. The molecule has 0 aromatic carbocycles. The van der Waals surface area contributed by atoms with Gasteiger partial charge in [-0.3, -0.25) is 14.8 Å². The molecule has 112 valence electrons. The standard InChI is InChI=1S/C12H22N6OS/c1-10(18-6-4-17(2)5-7-18)11(19)13-3-8-20-12-14-9-15-16-12/h9-10H,3-8H2,1-2H3,(H,13,19)(H,14,15,16). The van der Waals surface area contributed by atoms with Gasteiger partial charge in [-0.25, -0.2) is 4.98 Å². The largest absolute Gasteiger partial charge is 0.354 e. The Morgan fingerprint density at radius 2 is 2.25 bits per heavy atom. The zero-order chi connectivity index (χ0) is 14.4. The normalized spacial score (nSPS) is 18.9. The summed E-state index contributed by atoms with van der Waals surface area (Å²) >= 11 is 1.55. The SMILES string of the molecule is CC(C(=O)NCCSc1ncn[nH]1)N1CCN(C)CC1. The summed E-state index contributed by atoms with van der Waals surface area (Å²) in [6, 6.07) is -0.0565. The summed E-state index contributed by atoms with van der Waals surface area (Å²) < 4.78 is 0. The van der Waals surface area contributed by atoms with E-state index in [-0.39, 0.29) is 11.9 Å². The van der Waals surface area contributed by atoms with Crippen molar-refractivity contribution in [3.8, 4) is 0 Å². The van der Waals surface area contributed by atoms with Gasteiger partial charge in [-0.15, -0.1) is 0 Å². The first kappa shape index (κ1) is 15.3. The highest BCUT2D eigenvalue weighted by Crippen LogP contribution is 2.09. The van der Waals surface area contributed by atoms with Crippen molar-refractivity contribution in [3.63, 3.8) is 0 Å². The van der Waals surface area contributed by atoms with Crippen molar-refractivity contribution in [1.29, 1.82) is 0 Å². The summed E-state index contributed by atoms with van der Waals surface area (Å²) in [6.45, 7) is 6.58. The van der Waals surface area contributed by atoms with Gasteiger partial charge in [-0.05, 0) is 14.0 Å². The van der Waals surface area contributed by atoms with E-state index in [0.29, 0.717) is 6.54 Å². The molecule has 1 aliphatic heterocycles. The quantitative estimate of drug-likeness (QED) is 0.552. The third-order valence-electron chi connectivity index (χ3n) is 3.50. The molecule has 1 unspecified atom stereocenters. The maximum absolute atomic E-state index is 12.1. The second-order valence-electron chi connectivity index (χ2n) is 4.95. The van der Waals surface area contributed by atoms with Gasteiger partial charge in [0.2, 0.25) is 5.91 Å². The number of aromatic amines is 1. The lowest BCUT2D eigenvalue weighted by Crippen LogP contribution is -2.53. The number of thioether (sulfide) groups is 1. The molecule has 20 heavy (non-hydrogen) atoms. The van der Waals surface area contributed by atoms with Crippen LogP contribution in [-0.2, 0) is 4.79 Å². The molecule has 8 heteroatoms. The van der Waals surface area contributed by atoms with Crippen LogP contribution in [0.25, 0.3) is 0 Å². The number of hydrogen-bond donors (Lipinski definition) is 2. The van der Waals surface area contributed by atoms with Gasteiger partial charge in [-0.1, -0.05) is 11.8 Å². The molecule has 1 aliphatic rings. The van der Waals surface area contributed by atoms with Gasteiger partial charge in [0.25, 0.3) is 0 Å². The minimum atomic E-state index is -0.0565. The Balaban J connectivity index is 1.63. The van der Waals surface area contributed by atoms with E-state index in [2.05, 4.69) is 37.3 Å². The van der Waals surface area contributed by atoms with E-state index in [9.17, 15) is 4.79 Å². The molecule has 1 saturated heterocycles. The number of hydrogen-bond acceptors (Lipinski definition) is 6. The lowest BCUT2D eigenvalue weighted by atomic mass is 10.2. The number of rotatable bonds is 6. The van der Waals surface area contributed by atoms with Gasteiger partial charge < -0.3 is 10.2 Å². The highest BCUT2D eigenvalue weighted by atomic mass is 32.2. The third-order valence-corrected chi connectivity index (χ3v) is 4.38. The van der Waals surface area contributed by atoms with E-state index in [1.807, 2.05) is 6.92 Å². The van der Waals surface area contributed by atoms with Crippen LogP contribution in [0.3, 0.4) is 0 Å². The summed E-state index contributed by atoms with van der Waals surface area (Å²) in [5.41, 5.74) is 0. The van der Waals surface area contributed by atoms with Crippen LogP contribution in [0.2, 0.25) is 0 Å². The molecule has 1 aromatic heterocycles. The second-order valence-corrected chi connectivity index (χ2v) is 6.03. The molecule has 1 atom stereocenters. The Labute approximate surface area is 123 Å². The van der Waals surface area contributed by atoms with Crippen molar-refractivity contribution >= 4 is 17.7 Å². The van der Waals surface area contributed by atoms with Crippen LogP contribution in [0, 0.1) is 0 Å². The fourth-order valence-corrected chi connectivity index (χ4v) is 2.74. The molecule has 1 fully saturated rings. The van der Waals surface area contributed by atoms with Crippen LogP contribution in [0.15, 0.2) is 11.5 Å². The zero-order valence-corrected chi connectivity index (χ0v) is 12.8. The number of carbonyl (C=O) groups excluding carboxylic acids is 1. The lowest BCUT2D eigenvalue weighted by Gasteiger charge is -2.35. The molecule has 2 N–H and O–H groups in total. The molecule has 2 rings (SSSR count). The van der Waals surface area contributed by atoms with Gasteiger partial charge in [0, 0.05) is 38.5 Å². The summed E-state index contributed by atoms with van der Waals surface area (Å²) in [4.78, 5) is 20.6. The summed E-state index contributed by atoms with van der Waals surface area (Å²) in [7, 11) is 2.11. The number of aromatic nitrogens is 3. The van der Waals surface area contributed by atoms with Crippen LogP contribution in [-0.4, -0.2) is 82.5 Å². The average Bonchev–Trinajstić information content (AvgIpc) is 2.96. The van der Waals surface area contributed by atoms with Crippen molar-refractivity contribution in [3.05, 3.63) is 6.33 Å². The van der Waals surface area contributed by atoms with Crippen LogP contribution < -0.4 is 5.32 Å². The molecule has 1 amide bonds. The number of nitrogens with one attached hydrogen (secondary N) is 2. The zero-order valence-electron chi connectivity index (χ0n) is 12.0. The number of likely N-dealkylation sites (N-methyl/N-ethyl adjacent to an activating group) is 1. The molecular weight excluding hydrogens is 276 g/mol. The molecular formula is C12H22N6OS. The fourth-order valence-electron chi connectivity index (χ4n) is 2.11. The number of carbonyl (C=O) groups is 1.